The molecule has 0 aliphatic heterocycles. The molecule has 0 heterocycles. The van der Waals surface area contributed by atoms with Gasteiger partial charge in [-0.2, -0.15) is 0 Å². The van der Waals surface area contributed by atoms with Gasteiger partial charge in [-0.15, -0.1) is 11.8 Å². The zero-order valence-electron chi connectivity index (χ0n) is 18.7. The summed E-state index contributed by atoms with van der Waals surface area (Å²) >= 11 is 1.56. The summed E-state index contributed by atoms with van der Waals surface area (Å²) in [6.45, 7) is 6.03. The first kappa shape index (κ1) is 23.9. The van der Waals surface area contributed by atoms with E-state index in [0.717, 1.165) is 10.5 Å². The summed E-state index contributed by atoms with van der Waals surface area (Å²) < 4.78 is 27.6. The first-order valence-electron chi connectivity index (χ1n) is 10.4. The molecule has 0 radical (unpaired) electrons. The highest BCUT2D eigenvalue weighted by Crippen LogP contribution is 2.26. The average Bonchev–Trinajstić information content (AvgIpc) is 2.80. The number of amides is 1. The molecule has 0 fully saturated rings. The van der Waals surface area contributed by atoms with Crippen LogP contribution in [0.3, 0.4) is 0 Å². The Morgan fingerprint density at radius 2 is 1.56 bits per heavy atom. The zero-order valence-corrected chi connectivity index (χ0v) is 20.3. The number of sulfonamides is 1. The van der Waals surface area contributed by atoms with Crippen molar-refractivity contribution in [3.05, 3.63) is 89.5 Å². The van der Waals surface area contributed by atoms with Gasteiger partial charge < -0.3 is 5.32 Å². The second-order valence-electron chi connectivity index (χ2n) is 7.50. The van der Waals surface area contributed by atoms with E-state index in [-0.39, 0.29) is 23.4 Å². The maximum absolute atomic E-state index is 13.1. The van der Waals surface area contributed by atoms with Crippen LogP contribution in [-0.2, 0) is 10.0 Å². The van der Waals surface area contributed by atoms with Crippen LogP contribution in [0.1, 0.15) is 41.4 Å². The number of nitrogens with zero attached hydrogens (tertiary/aromatic N) is 1. The lowest BCUT2D eigenvalue weighted by atomic mass is 10.1. The summed E-state index contributed by atoms with van der Waals surface area (Å²) in [5, 5.41) is 2.99. The molecule has 0 saturated heterocycles. The Morgan fingerprint density at radius 1 is 0.969 bits per heavy atom. The van der Waals surface area contributed by atoms with Gasteiger partial charge in [-0.05, 0) is 81.1 Å². The van der Waals surface area contributed by atoms with E-state index in [4.69, 9.17) is 0 Å². The fourth-order valence-electron chi connectivity index (χ4n) is 3.36. The summed E-state index contributed by atoms with van der Waals surface area (Å²) in [4.78, 5) is 13.9. The first-order chi connectivity index (χ1) is 15.3. The van der Waals surface area contributed by atoms with Gasteiger partial charge in [0.05, 0.1) is 16.6 Å². The van der Waals surface area contributed by atoms with Crippen LogP contribution in [0.2, 0.25) is 0 Å². The number of benzene rings is 3. The Labute approximate surface area is 194 Å². The molecule has 0 saturated carbocycles. The van der Waals surface area contributed by atoms with Gasteiger partial charge in [-0.25, -0.2) is 8.42 Å². The molecule has 0 unspecified atom stereocenters. The van der Waals surface area contributed by atoms with Gasteiger partial charge in [0.2, 0.25) is 0 Å². The highest BCUT2D eigenvalue weighted by Gasteiger charge is 2.24. The third kappa shape index (κ3) is 5.34. The lowest BCUT2D eigenvalue weighted by Gasteiger charge is -2.23. The fraction of sp³-hybridized carbons (Fsp3) is 0.240. The van der Waals surface area contributed by atoms with Gasteiger partial charge >= 0.3 is 0 Å². The monoisotopic (exact) mass is 468 g/mol. The maximum Gasteiger partial charge on any atom is 0.264 e. The summed E-state index contributed by atoms with van der Waals surface area (Å²) in [5.41, 5.74) is 3.19. The molecule has 0 bridgehead atoms. The molecule has 1 atom stereocenters. The Morgan fingerprint density at radius 3 is 2.09 bits per heavy atom. The normalized spacial score (nSPS) is 12.2. The Bertz CT molecular complexity index is 1160. The molecular weight excluding hydrogens is 440 g/mol. The van der Waals surface area contributed by atoms with E-state index >= 15 is 0 Å². The van der Waals surface area contributed by atoms with Crippen molar-refractivity contribution < 1.29 is 13.2 Å². The van der Waals surface area contributed by atoms with Crippen molar-refractivity contribution in [2.24, 2.45) is 0 Å². The topological polar surface area (TPSA) is 66.5 Å². The van der Waals surface area contributed by atoms with Crippen molar-refractivity contribution in [1.29, 1.82) is 0 Å². The van der Waals surface area contributed by atoms with E-state index in [9.17, 15) is 13.2 Å². The molecule has 7 heteroatoms. The van der Waals surface area contributed by atoms with Crippen LogP contribution in [-0.4, -0.2) is 27.1 Å². The van der Waals surface area contributed by atoms with Crippen LogP contribution < -0.4 is 9.62 Å². The number of nitrogens with one attached hydrogen (secondary N) is 1. The Kier molecular flexibility index (Phi) is 7.64. The van der Waals surface area contributed by atoms with E-state index in [1.54, 1.807) is 67.2 Å². The third-order valence-corrected chi connectivity index (χ3v) is 7.94. The molecule has 168 valence electrons. The van der Waals surface area contributed by atoms with Gasteiger partial charge in [0.25, 0.3) is 15.9 Å². The Balaban J connectivity index is 1.76. The SMILES string of the molecule is CCN(c1ccc(C(=O)N[C@@H](C)c2ccc(C)cc2)cc1)S(=O)(=O)c1ccc(SC)cc1. The van der Waals surface area contributed by atoms with Crippen LogP contribution in [0.15, 0.2) is 82.6 Å². The predicted octanol–water partition coefficient (Wildman–Crippen LogP) is 5.42. The van der Waals surface area contributed by atoms with Gasteiger partial charge in [-0.1, -0.05) is 29.8 Å². The minimum absolute atomic E-state index is 0.139. The molecule has 1 amide bonds. The minimum atomic E-state index is -3.70. The molecule has 0 spiro atoms. The standard InChI is InChI=1S/C25H28N2O3S2/c1-5-27(32(29,30)24-16-14-23(31-4)15-17-24)22-12-10-21(11-13-22)25(28)26-19(3)20-8-6-18(2)7-9-20/h6-17,19H,5H2,1-4H3,(H,26,28)/t19-/m0/s1. The third-order valence-electron chi connectivity index (χ3n) is 5.28. The van der Waals surface area contributed by atoms with Crippen molar-refractivity contribution in [2.45, 2.75) is 36.6 Å². The zero-order chi connectivity index (χ0) is 23.3. The van der Waals surface area contributed by atoms with Crippen molar-refractivity contribution >= 4 is 33.4 Å². The van der Waals surface area contributed by atoms with Gasteiger partial charge in [0.15, 0.2) is 0 Å². The van der Waals surface area contributed by atoms with E-state index in [2.05, 4.69) is 5.32 Å². The molecule has 0 aliphatic rings. The van der Waals surface area contributed by atoms with E-state index < -0.39 is 10.0 Å². The smallest absolute Gasteiger partial charge is 0.264 e. The van der Waals surface area contributed by atoms with Crippen molar-refractivity contribution in [1.82, 2.24) is 5.32 Å². The minimum Gasteiger partial charge on any atom is -0.346 e. The molecule has 3 aromatic rings. The van der Waals surface area contributed by atoms with Gasteiger partial charge in [0, 0.05) is 17.0 Å². The quantitative estimate of drug-likeness (QED) is 0.448. The summed E-state index contributed by atoms with van der Waals surface area (Å²) in [6, 6.07) is 21.4. The lowest BCUT2D eigenvalue weighted by Crippen LogP contribution is -2.31. The van der Waals surface area contributed by atoms with E-state index in [0.29, 0.717) is 11.3 Å². The lowest BCUT2D eigenvalue weighted by molar-refractivity contribution is 0.0940. The molecule has 1 N–H and O–H groups in total. The summed E-state index contributed by atoms with van der Waals surface area (Å²) in [6.07, 6.45) is 1.95. The Hall–Kier alpha value is -2.77. The van der Waals surface area contributed by atoms with Crippen LogP contribution >= 0.6 is 11.8 Å². The molecule has 5 nitrogen and oxygen atoms in total. The van der Waals surface area contributed by atoms with Crippen LogP contribution in [0.5, 0.6) is 0 Å². The number of aryl methyl sites for hydroxylation is 1. The van der Waals surface area contributed by atoms with Crippen LogP contribution in [0, 0.1) is 6.92 Å². The van der Waals surface area contributed by atoms with E-state index in [1.807, 2.05) is 44.4 Å². The number of carbonyl (C=O) groups is 1. The van der Waals surface area contributed by atoms with E-state index in [1.165, 1.54) is 9.87 Å². The second kappa shape index (κ2) is 10.2. The molecule has 0 aromatic heterocycles. The molecule has 32 heavy (non-hydrogen) atoms. The number of hydrogen-bond acceptors (Lipinski definition) is 4. The number of rotatable bonds is 8. The van der Waals surface area contributed by atoms with Crippen molar-refractivity contribution in [2.75, 3.05) is 17.1 Å². The number of thioether (sulfide) groups is 1. The highest BCUT2D eigenvalue weighted by molar-refractivity contribution is 7.98. The van der Waals surface area contributed by atoms with Gasteiger partial charge in [0.1, 0.15) is 0 Å². The van der Waals surface area contributed by atoms with Crippen molar-refractivity contribution in [3.8, 4) is 0 Å². The average molecular weight is 469 g/mol. The molecular formula is C25H28N2O3S2. The summed E-state index contributed by atoms with van der Waals surface area (Å²) in [7, 11) is -3.70. The highest BCUT2D eigenvalue weighted by atomic mass is 32.2. The second-order valence-corrected chi connectivity index (χ2v) is 10.2. The maximum atomic E-state index is 13.1. The van der Waals surface area contributed by atoms with Crippen LogP contribution in [0.25, 0.3) is 0 Å². The number of carbonyl (C=O) groups excluding carboxylic acids is 1. The first-order valence-corrected chi connectivity index (χ1v) is 13.1. The summed E-state index contributed by atoms with van der Waals surface area (Å²) in [5.74, 6) is -0.205. The van der Waals surface area contributed by atoms with Gasteiger partial charge in [-0.3, -0.25) is 9.10 Å². The molecule has 3 aromatic carbocycles. The largest absolute Gasteiger partial charge is 0.346 e. The fourth-order valence-corrected chi connectivity index (χ4v) is 5.25. The van der Waals surface area contributed by atoms with Crippen LogP contribution in [0.4, 0.5) is 5.69 Å². The number of anilines is 1. The number of hydrogen-bond donors (Lipinski definition) is 1. The van der Waals surface area contributed by atoms with Crippen molar-refractivity contribution in [3.63, 3.8) is 0 Å². The molecule has 0 aliphatic carbocycles. The predicted molar refractivity (Wildman–Crippen MR) is 132 cm³/mol. The molecule has 3 rings (SSSR count).